The molecule has 0 saturated heterocycles. The fourth-order valence-corrected chi connectivity index (χ4v) is 5.97. The minimum Gasteiger partial charge on any atom is -0.477 e. The molecule has 0 radical (unpaired) electrons. The zero-order valence-electron chi connectivity index (χ0n) is 17.2. The Hall–Kier alpha value is -0.580. The van der Waals surface area contributed by atoms with Gasteiger partial charge in [-0.3, -0.25) is 0 Å². The van der Waals surface area contributed by atoms with E-state index in [-0.39, 0.29) is 11.5 Å². The van der Waals surface area contributed by atoms with Crippen molar-refractivity contribution >= 4 is 28.9 Å². The summed E-state index contributed by atoms with van der Waals surface area (Å²) in [7, 11) is 0. The molecule has 1 aliphatic rings. The number of carboxylic acids is 1. The summed E-state index contributed by atoms with van der Waals surface area (Å²) in [6, 6.07) is 3.62. The summed E-state index contributed by atoms with van der Waals surface area (Å²) < 4.78 is 0. The van der Waals surface area contributed by atoms with Gasteiger partial charge in [0.25, 0.3) is 0 Å². The van der Waals surface area contributed by atoms with Crippen LogP contribution in [0.5, 0.6) is 0 Å². The molecular weight excluding hydrogens is 392 g/mol. The zero-order chi connectivity index (χ0) is 20.4. The number of aryl methyl sites for hydroxylation is 1. The second-order valence-corrected chi connectivity index (χ2v) is 10.1. The van der Waals surface area contributed by atoms with E-state index in [0.717, 1.165) is 37.0 Å². The van der Waals surface area contributed by atoms with E-state index in [1.807, 2.05) is 6.07 Å². The first-order chi connectivity index (χ1) is 13.5. The predicted octanol–water partition coefficient (Wildman–Crippen LogP) is 6.90. The Balaban J connectivity index is 1.68. The van der Waals surface area contributed by atoms with E-state index in [1.54, 1.807) is 6.07 Å². The molecular formula is C23H37ClO3S. The third-order valence-electron chi connectivity index (χ3n) is 6.20. The largest absolute Gasteiger partial charge is 0.477 e. The number of halogens is 1. The predicted molar refractivity (Wildman–Crippen MR) is 119 cm³/mol. The lowest BCUT2D eigenvalue weighted by Crippen LogP contribution is -2.21. The van der Waals surface area contributed by atoms with Crippen LogP contribution in [0.3, 0.4) is 0 Å². The number of carbonyl (C=O) groups is 1. The van der Waals surface area contributed by atoms with Gasteiger partial charge in [0.05, 0.1) is 6.10 Å². The average molecular weight is 429 g/mol. The van der Waals surface area contributed by atoms with Crippen LogP contribution >= 0.6 is 22.9 Å². The first-order valence-electron chi connectivity index (χ1n) is 11.2. The molecule has 5 heteroatoms. The van der Waals surface area contributed by atoms with E-state index in [9.17, 15) is 9.90 Å². The highest BCUT2D eigenvalue weighted by Gasteiger charge is 2.40. The summed E-state index contributed by atoms with van der Waals surface area (Å²) in [5.74, 6) is -0.123. The Bertz CT molecular complexity index is 574. The van der Waals surface area contributed by atoms with E-state index in [2.05, 4.69) is 6.92 Å². The maximum atomic E-state index is 11.0. The number of thiophene rings is 1. The summed E-state index contributed by atoms with van der Waals surface area (Å²) in [4.78, 5) is 12.5. The van der Waals surface area contributed by atoms with Crippen LogP contribution in [0.15, 0.2) is 12.1 Å². The van der Waals surface area contributed by atoms with Gasteiger partial charge < -0.3 is 10.2 Å². The topological polar surface area (TPSA) is 57.5 Å². The van der Waals surface area contributed by atoms with E-state index in [4.69, 9.17) is 16.7 Å². The molecule has 0 aliphatic heterocycles. The van der Waals surface area contributed by atoms with Crippen molar-refractivity contribution in [1.29, 1.82) is 0 Å². The molecule has 0 spiro atoms. The Labute approximate surface area is 179 Å². The van der Waals surface area contributed by atoms with E-state index >= 15 is 0 Å². The van der Waals surface area contributed by atoms with Crippen LogP contribution in [-0.4, -0.2) is 27.7 Å². The average Bonchev–Trinajstić information content (AvgIpc) is 3.23. The number of aromatic carboxylic acids is 1. The molecule has 1 heterocycles. The van der Waals surface area contributed by atoms with Crippen LogP contribution < -0.4 is 0 Å². The minimum atomic E-state index is -0.846. The van der Waals surface area contributed by atoms with Gasteiger partial charge in [-0.25, -0.2) is 4.79 Å². The first-order valence-corrected chi connectivity index (χ1v) is 12.4. The Morgan fingerprint density at radius 3 is 2.32 bits per heavy atom. The molecule has 1 fully saturated rings. The molecule has 3 nitrogen and oxygen atoms in total. The van der Waals surface area contributed by atoms with Gasteiger partial charge in [0.2, 0.25) is 0 Å². The SMILES string of the molecule is CCCCCCCCCCC1C(O)CC(Cl)C1CCCc1ccc(C(=O)O)s1. The normalized spacial score (nSPS) is 24.7. The summed E-state index contributed by atoms with van der Waals surface area (Å²) >= 11 is 7.94. The van der Waals surface area contributed by atoms with E-state index < -0.39 is 5.97 Å². The van der Waals surface area contributed by atoms with Crippen molar-refractivity contribution in [3.05, 3.63) is 21.9 Å². The number of unbranched alkanes of at least 4 members (excludes halogenated alkanes) is 7. The zero-order valence-corrected chi connectivity index (χ0v) is 18.8. The second kappa shape index (κ2) is 12.9. The van der Waals surface area contributed by atoms with Crippen LogP contribution in [-0.2, 0) is 6.42 Å². The number of aliphatic hydroxyl groups is 1. The quantitative estimate of drug-likeness (QED) is 0.250. The summed E-state index contributed by atoms with van der Waals surface area (Å²) in [6.07, 6.45) is 15.0. The lowest BCUT2D eigenvalue weighted by Gasteiger charge is -2.23. The fraction of sp³-hybridized carbons (Fsp3) is 0.783. The lowest BCUT2D eigenvalue weighted by atomic mass is 9.85. The highest BCUT2D eigenvalue weighted by Crippen LogP contribution is 2.42. The molecule has 4 unspecified atom stereocenters. The van der Waals surface area contributed by atoms with Gasteiger partial charge in [-0.15, -0.1) is 22.9 Å². The van der Waals surface area contributed by atoms with Crippen molar-refractivity contribution in [2.45, 2.75) is 102 Å². The molecule has 1 aromatic rings. The molecule has 0 amide bonds. The van der Waals surface area contributed by atoms with Crippen molar-refractivity contribution in [2.24, 2.45) is 11.8 Å². The summed E-state index contributed by atoms with van der Waals surface area (Å²) in [6.45, 7) is 2.25. The molecule has 4 atom stereocenters. The molecule has 1 saturated carbocycles. The van der Waals surface area contributed by atoms with Crippen molar-refractivity contribution < 1.29 is 15.0 Å². The number of alkyl halides is 1. The van der Waals surface area contributed by atoms with Crippen molar-refractivity contribution in [3.63, 3.8) is 0 Å². The van der Waals surface area contributed by atoms with Gasteiger partial charge in [-0.2, -0.15) is 0 Å². The Morgan fingerprint density at radius 1 is 1.04 bits per heavy atom. The number of carboxylic acid groups (broad SMARTS) is 1. The van der Waals surface area contributed by atoms with E-state index in [0.29, 0.717) is 16.7 Å². The van der Waals surface area contributed by atoms with Crippen LogP contribution in [0.2, 0.25) is 0 Å². The molecule has 1 aliphatic carbocycles. The number of aliphatic hydroxyl groups excluding tert-OH is 1. The first kappa shape index (κ1) is 23.7. The van der Waals surface area contributed by atoms with E-state index in [1.165, 1.54) is 62.7 Å². The van der Waals surface area contributed by atoms with Crippen LogP contribution in [0.1, 0.15) is 98.5 Å². The minimum absolute atomic E-state index is 0.0759. The molecule has 2 rings (SSSR count). The van der Waals surface area contributed by atoms with Gasteiger partial charge in [0, 0.05) is 10.3 Å². The van der Waals surface area contributed by atoms with Crippen molar-refractivity contribution in [3.8, 4) is 0 Å². The standard InChI is InChI=1S/C23H37ClO3S/c1-2-3-4-5-6-7-8-9-12-19-18(20(24)16-21(19)25)13-10-11-17-14-15-22(28-17)23(26)27/h14-15,18-21,25H,2-13,16H2,1H3,(H,26,27). The maximum absolute atomic E-state index is 11.0. The lowest BCUT2D eigenvalue weighted by molar-refractivity contribution is 0.0702. The smallest absolute Gasteiger partial charge is 0.345 e. The van der Waals surface area contributed by atoms with Gasteiger partial charge in [-0.1, -0.05) is 58.3 Å². The molecule has 0 bridgehead atoms. The third-order valence-corrected chi connectivity index (χ3v) is 7.83. The molecule has 28 heavy (non-hydrogen) atoms. The van der Waals surface area contributed by atoms with Crippen molar-refractivity contribution in [2.75, 3.05) is 0 Å². The number of hydrogen-bond acceptors (Lipinski definition) is 3. The molecule has 160 valence electrons. The maximum Gasteiger partial charge on any atom is 0.345 e. The molecule has 1 aromatic heterocycles. The monoisotopic (exact) mass is 428 g/mol. The Morgan fingerprint density at radius 2 is 1.68 bits per heavy atom. The Kier molecular flexibility index (Phi) is 10.9. The second-order valence-electron chi connectivity index (χ2n) is 8.37. The summed E-state index contributed by atoms with van der Waals surface area (Å²) in [5, 5.41) is 19.6. The highest BCUT2D eigenvalue weighted by atomic mass is 35.5. The van der Waals surface area contributed by atoms with Gasteiger partial charge in [0.15, 0.2) is 0 Å². The fourth-order valence-electron chi connectivity index (χ4n) is 4.59. The summed E-state index contributed by atoms with van der Waals surface area (Å²) in [5.41, 5.74) is 0. The highest BCUT2D eigenvalue weighted by molar-refractivity contribution is 7.13. The number of rotatable bonds is 14. The molecule has 0 aromatic carbocycles. The van der Waals surface area contributed by atoms with Crippen LogP contribution in [0.25, 0.3) is 0 Å². The third kappa shape index (κ3) is 7.68. The number of hydrogen-bond donors (Lipinski definition) is 2. The van der Waals surface area contributed by atoms with Crippen LogP contribution in [0.4, 0.5) is 0 Å². The van der Waals surface area contributed by atoms with Crippen molar-refractivity contribution in [1.82, 2.24) is 0 Å². The van der Waals surface area contributed by atoms with Crippen LogP contribution in [0, 0.1) is 11.8 Å². The molecule has 2 N–H and O–H groups in total. The van der Waals surface area contributed by atoms with Gasteiger partial charge in [0.1, 0.15) is 4.88 Å². The van der Waals surface area contributed by atoms with Gasteiger partial charge in [-0.05, 0) is 56.1 Å². The van der Waals surface area contributed by atoms with Gasteiger partial charge >= 0.3 is 5.97 Å².